The molecule has 6 unspecified atom stereocenters. The van der Waals surface area contributed by atoms with E-state index in [0.29, 0.717) is 33.7 Å². The standard InChI is InChI=1S/C38H33ClFN3O7/c1-2-4-20-5-3-6-27(33(20)46)32-25-15-16-26-31(36(49)42(34(26)47)18-17-30(44)45)28(25)19-29-35(48)43(41-24-13-11-23(40)12-14-24)37(50)38(29,32)21-7-9-22(39)10-8-21/h2-3,5-15,26,28-29,31-32,41,46H,1,4,16-19H2,(H,44,45). The zero-order chi connectivity index (χ0) is 35.5. The lowest BCUT2D eigenvalue weighted by Gasteiger charge is -2.50. The number of carbonyl (C=O) groups excluding carboxylic acids is 4. The van der Waals surface area contributed by atoms with Crippen molar-refractivity contribution in [1.29, 1.82) is 0 Å². The third-order valence-corrected chi connectivity index (χ3v) is 11.0. The molecule has 256 valence electrons. The van der Waals surface area contributed by atoms with Gasteiger partial charge < -0.3 is 10.2 Å². The highest BCUT2D eigenvalue weighted by atomic mass is 35.5. The average Bonchev–Trinajstić information content (AvgIpc) is 3.46. The number of halogens is 2. The van der Waals surface area contributed by atoms with Crippen LogP contribution in [0.15, 0.2) is 91.0 Å². The van der Waals surface area contributed by atoms with Gasteiger partial charge in [-0.25, -0.2) is 4.39 Å². The number of aliphatic carboxylic acids is 1. The van der Waals surface area contributed by atoms with Crippen LogP contribution in [0.25, 0.3) is 0 Å². The fourth-order valence-electron chi connectivity index (χ4n) is 8.66. The van der Waals surface area contributed by atoms with Crippen LogP contribution in [0.2, 0.25) is 5.02 Å². The number of rotatable bonds is 9. The van der Waals surface area contributed by atoms with E-state index in [-0.39, 0.29) is 30.8 Å². The first kappa shape index (κ1) is 33.2. The molecule has 0 radical (unpaired) electrons. The Morgan fingerprint density at radius 1 is 1.00 bits per heavy atom. The van der Waals surface area contributed by atoms with Gasteiger partial charge in [-0.15, -0.1) is 6.58 Å². The second-order valence-corrected chi connectivity index (χ2v) is 13.6. The highest BCUT2D eigenvalue weighted by molar-refractivity contribution is 6.30. The van der Waals surface area contributed by atoms with Gasteiger partial charge in [-0.3, -0.25) is 34.3 Å². The minimum absolute atomic E-state index is 0.0111. The number of carboxylic acid groups (broad SMARTS) is 1. The van der Waals surface area contributed by atoms with Crippen LogP contribution in [-0.2, 0) is 35.8 Å². The molecule has 4 amide bonds. The van der Waals surface area contributed by atoms with Crippen LogP contribution >= 0.6 is 11.6 Å². The van der Waals surface area contributed by atoms with Gasteiger partial charge in [0.1, 0.15) is 11.6 Å². The number of aromatic hydroxyl groups is 1. The summed E-state index contributed by atoms with van der Waals surface area (Å²) >= 11 is 6.32. The summed E-state index contributed by atoms with van der Waals surface area (Å²) in [5, 5.41) is 22.5. The van der Waals surface area contributed by atoms with E-state index in [0.717, 1.165) is 9.91 Å². The van der Waals surface area contributed by atoms with Crippen molar-refractivity contribution in [2.75, 3.05) is 12.0 Å². The molecular weight excluding hydrogens is 665 g/mol. The van der Waals surface area contributed by atoms with Crippen molar-refractivity contribution in [1.82, 2.24) is 9.91 Å². The molecule has 4 aliphatic rings. The molecule has 10 nitrogen and oxygen atoms in total. The molecule has 1 saturated carbocycles. The predicted octanol–water partition coefficient (Wildman–Crippen LogP) is 5.37. The number of benzene rings is 3. The number of phenolic OH excluding ortho intramolecular Hbond substituents is 1. The number of para-hydroxylation sites is 1. The van der Waals surface area contributed by atoms with Crippen molar-refractivity contribution in [3.8, 4) is 5.75 Å². The Bertz CT molecular complexity index is 1980. The lowest BCUT2D eigenvalue weighted by molar-refractivity contribution is -0.143. The third kappa shape index (κ3) is 5.02. The molecule has 2 aliphatic heterocycles. The molecule has 0 spiro atoms. The number of imide groups is 2. The molecule has 0 aromatic heterocycles. The van der Waals surface area contributed by atoms with Gasteiger partial charge in [0.15, 0.2) is 0 Å². The SMILES string of the molecule is C=CCc1cccc(C2C3=CCC4C(=O)N(CCC(=O)O)C(=O)C4C3CC3C(=O)N(Nc4ccc(F)cc4)C(=O)C32c2ccc(Cl)cc2)c1O. The highest BCUT2D eigenvalue weighted by Crippen LogP contribution is 2.65. The molecule has 2 saturated heterocycles. The molecule has 0 bridgehead atoms. The number of carboxylic acids is 1. The quantitative estimate of drug-likeness (QED) is 0.200. The van der Waals surface area contributed by atoms with E-state index >= 15 is 4.79 Å². The lowest BCUT2D eigenvalue weighted by atomic mass is 9.49. The van der Waals surface area contributed by atoms with Crippen LogP contribution < -0.4 is 5.43 Å². The number of hydrogen-bond donors (Lipinski definition) is 3. The summed E-state index contributed by atoms with van der Waals surface area (Å²) in [6, 6.07) is 17.0. The molecule has 50 heavy (non-hydrogen) atoms. The number of nitrogens with zero attached hydrogens (tertiary/aromatic N) is 2. The van der Waals surface area contributed by atoms with Crippen LogP contribution in [0.5, 0.6) is 5.75 Å². The van der Waals surface area contributed by atoms with E-state index in [9.17, 15) is 33.8 Å². The molecule has 3 aromatic carbocycles. The van der Waals surface area contributed by atoms with Crippen LogP contribution in [0, 0.1) is 29.5 Å². The van der Waals surface area contributed by atoms with Crippen molar-refractivity contribution in [2.24, 2.45) is 23.7 Å². The Morgan fingerprint density at radius 3 is 2.40 bits per heavy atom. The zero-order valence-corrected chi connectivity index (χ0v) is 27.5. The first-order chi connectivity index (χ1) is 24.0. The van der Waals surface area contributed by atoms with Crippen molar-refractivity contribution >= 4 is 46.9 Å². The van der Waals surface area contributed by atoms with E-state index in [4.69, 9.17) is 11.6 Å². The second kappa shape index (κ2) is 12.5. The van der Waals surface area contributed by atoms with E-state index < -0.39 is 76.8 Å². The number of anilines is 1. The van der Waals surface area contributed by atoms with Gasteiger partial charge in [-0.1, -0.05) is 59.7 Å². The Hall–Kier alpha value is -5.29. The van der Waals surface area contributed by atoms with Gasteiger partial charge in [0.25, 0.3) is 11.8 Å². The van der Waals surface area contributed by atoms with Crippen molar-refractivity contribution in [3.05, 3.63) is 119 Å². The summed E-state index contributed by atoms with van der Waals surface area (Å²) in [6.45, 7) is 3.53. The van der Waals surface area contributed by atoms with Crippen LogP contribution in [-0.4, -0.2) is 56.3 Å². The largest absolute Gasteiger partial charge is 0.507 e. The van der Waals surface area contributed by atoms with Crippen molar-refractivity contribution in [3.63, 3.8) is 0 Å². The molecule has 3 N–H and O–H groups in total. The van der Waals surface area contributed by atoms with Gasteiger partial charge in [0.2, 0.25) is 11.8 Å². The maximum Gasteiger partial charge on any atom is 0.305 e. The van der Waals surface area contributed by atoms with Gasteiger partial charge in [0, 0.05) is 23.0 Å². The molecule has 7 rings (SSSR count). The van der Waals surface area contributed by atoms with E-state index in [1.165, 1.54) is 24.3 Å². The number of fused-ring (bicyclic) bond motifs is 4. The predicted molar refractivity (Wildman–Crippen MR) is 180 cm³/mol. The molecule has 6 atom stereocenters. The summed E-state index contributed by atoms with van der Waals surface area (Å²) in [5.74, 6) is -8.37. The fraction of sp³-hybridized carbons (Fsp3) is 0.289. The number of carbonyl (C=O) groups is 5. The highest BCUT2D eigenvalue weighted by Gasteiger charge is 2.70. The molecule has 3 aromatic rings. The number of likely N-dealkylation sites (tertiary alicyclic amines) is 1. The first-order valence-corrected chi connectivity index (χ1v) is 16.7. The topological polar surface area (TPSA) is 144 Å². The lowest BCUT2D eigenvalue weighted by Crippen LogP contribution is -2.53. The molecule has 2 aliphatic carbocycles. The summed E-state index contributed by atoms with van der Waals surface area (Å²) < 4.78 is 13.8. The normalized spacial score (nSPS) is 27.1. The van der Waals surface area contributed by atoms with Gasteiger partial charge in [-0.2, -0.15) is 5.01 Å². The van der Waals surface area contributed by atoms with Crippen molar-refractivity contribution < 1.29 is 38.6 Å². The Kier molecular flexibility index (Phi) is 8.34. The van der Waals surface area contributed by atoms with E-state index in [2.05, 4.69) is 12.0 Å². The third-order valence-electron chi connectivity index (χ3n) is 10.7. The number of nitrogens with one attached hydrogen (secondary N) is 1. The maximum atomic E-state index is 15.2. The number of allylic oxidation sites excluding steroid dienone is 3. The first-order valence-electron chi connectivity index (χ1n) is 16.3. The van der Waals surface area contributed by atoms with Crippen LogP contribution in [0.3, 0.4) is 0 Å². The second-order valence-electron chi connectivity index (χ2n) is 13.2. The Morgan fingerprint density at radius 2 is 1.72 bits per heavy atom. The molecule has 3 fully saturated rings. The number of phenols is 1. The maximum absolute atomic E-state index is 15.2. The van der Waals surface area contributed by atoms with Gasteiger partial charge in [0.05, 0.1) is 35.3 Å². The zero-order valence-electron chi connectivity index (χ0n) is 26.7. The number of hydrogen-bond acceptors (Lipinski definition) is 7. The number of hydrazine groups is 1. The van der Waals surface area contributed by atoms with E-state index in [1.807, 2.05) is 6.08 Å². The summed E-state index contributed by atoms with van der Waals surface area (Å²) in [4.78, 5) is 69.8. The average molecular weight is 698 g/mol. The summed E-state index contributed by atoms with van der Waals surface area (Å²) in [6.07, 6.45) is 3.55. The summed E-state index contributed by atoms with van der Waals surface area (Å²) in [5.41, 5.74) is 3.53. The molecule has 12 heteroatoms. The van der Waals surface area contributed by atoms with Gasteiger partial charge in [-0.05, 0) is 72.7 Å². The minimum Gasteiger partial charge on any atom is -0.507 e. The fourth-order valence-corrected chi connectivity index (χ4v) is 8.78. The molecular formula is C38H33ClFN3O7. The molecule has 2 heterocycles. The monoisotopic (exact) mass is 697 g/mol. The Balaban J connectivity index is 1.45. The number of amides is 4. The smallest absolute Gasteiger partial charge is 0.305 e. The Labute approximate surface area is 291 Å². The van der Waals surface area contributed by atoms with E-state index in [1.54, 1.807) is 48.5 Å². The summed E-state index contributed by atoms with van der Waals surface area (Å²) in [7, 11) is 0. The van der Waals surface area contributed by atoms with Crippen LogP contribution in [0.1, 0.15) is 41.9 Å². The van der Waals surface area contributed by atoms with Crippen molar-refractivity contribution in [2.45, 2.75) is 37.0 Å². The van der Waals surface area contributed by atoms with Gasteiger partial charge >= 0.3 is 5.97 Å². The minimum atomic E-state index is -1.65. The van der Waals surface area contributed by atoms with Crippen LogP contribution in [0.4, 0.5) is 10.1 Å².